The Kier molecular flexibility index (Phi) is 6.12. The van der Waals surface area contributed by atoms with Crippen LogP contribution in [-0.2, 0) is 22.6 Å². The van der Waals surface area contributed by atoms with E-state index < -0.39 is 0 Å². The van der Waals surface area contributed by atoms with Gasteiger partial charge in [0.25, 0.3) is 0 Å². The smallest absolute Gasteiger partial charge is 0.243 e. The molecule has 2 amide bonds. The Labute approximate surface area is 142 Å². The summed E-state index contributed by atoms with van der Waals surface area (Å²) in [4.78, 5) is 30.2. The SMILES string of the molecule is C=CC(=O)NCCc1nc2ccccc2n1CC(=O)N(CC)CC. The van der Waals surface area contributed by atoms with E-state index in [1.165, 1.54) is 6.08 Å². The summed E-state index contributed by atoms with van der Waals surface area (Å²) in [6.07, 6.45) is 1.80. The van der Waals surface area contributed by atoms with Crippen molar-refractivity contribution >= 4 is 22.8 Å². The lowest BCUT2D eigenvalue weighted by Crippen LogP contribution is -2.34. The van der Waals surface area contributed by atoms with Crippen LogP contribution in [0.25, 0.3) is 11.0 Å². The zero-order chi connectivity index (χ0) is 17.5. The number of carbonyl (C=O) groups excluding carboxylic acids is 2. The molecule has 0 spiro atoms. The van der Waals surface area contributed by atoms with Gasteiger partial charge in [-0.2, -0.15) is 0 Å². The second-order valence-electron chi connectivity index (χ2n) is 5.41. The summed E-state index contributed by atoms with van der Waals surface area (Å²) in [5.41, 5.74) is 1.79. The fourth-order valence-electron chi connectivity index (χ4n) is 2.67. The number of para-hydroxylation sites is 2. The Morgan fingerprint density at radius 2 is 2.00 bits per heavy atom. The third kappa shape index (κ3) is 4.01. The van der Waals surface area contributed by atoms with Gasteiger partial charge in [-0.15, -0.1) is 0 Å². The first-order valence-corrected chi connectivity index (χ1v) is 8.22. The number of carbonyl (C=O) groups is 2. The van der Waals surface area contributed by atoms with Crippen molar-refractivity contribution in [1.29, 1.82) is 0 Å². The Bertz CT molecular complexity index is 732. The largest absolute Gasteiger partial charge is 0.352 e. The summed E-state index contributed by atoms with van der Waals surface area (Å²) < 4.78 is 1.94. The van der Waals surface area contributed by atoms with Crippen molar-refractivity contribution < 1.29 is 9.59 Å². The molecular weight excluding hydrogens is 304 g/mol. The molecule has 0 aliphatic carbocycles. The number of benzene rings is 1. The Hall–Kier alpha value is -2.63. The molecule has 2 aromatic rings. The monoisotopic (exact) mass is 328 g/mol. The normalized spacial score (nSPS) is 10.6. The minimum atomic E-state index is -0.211. The molecule has 1 aromatic carbocycles. The molecule has 0 aliphatic rings. The van der Waals surface area contributed by atoms with Crippen LogP contribution in [0.4, 0.5) is 0 Å². The number of amides is 2. The molecule has 1 N–H and O–H groups in total. The molecule has 24 heavy (non-hydrogen) atoms. The minimum Gasteiger partial charge on any atom is -0.352 e. The number of imidazole rings is 1. The highest BCUT2D eigenvalue weighted by molar-refractivity contribution is 5.86. The lowest BCUT2D eigenvalue weighted by molar-refractivity contribution is -0.131. The van der Waals surface area contributed by atoms with Crippen LogP contribution in [0.15, 0.2) is 36.9 Å². The van der Waals surface area contributed by atoms with Crippen LogP contribution >= 0.6 is 0 Å². The van der Waals surface area contributed by atoms with Gasteiger partial charge in [-0.3, -0.25) is 9.59 Å². The van der Waals surface area contributed by atoms with Gasteiger partial charge in [0.15, 0.2) is 0 Å². The molecule has 0 aliphatic heterocycles. The van der Waals surface area contributed by atoms with Gasteiger partial charge in [-0.05, 0) is 32.1 Å². The zero-order valence-corrected chi connectivity index (χ0v) is 14.3. The van der Waals surface area contributed by atoms with E-state index in [0.29, 0.717) is 26.1 Å². The van der Waals surface area contributed by atoms with Crippen LogP contribution in [0.5, 0.6) is 0 Å². The number of likely N-dealkylation sites (N-methyl/N-ethyl adjacent to an activating group) is 1. The van der Waals surface area contributed by atoms with Crippen molar-refractivity contribution in [3.05, 3.63) is 42.7 Å². The van der Waals surface area contributed by atoms with Crippen LogP contribution in [0.1, 0.15) is 19.7 Å². The molecule has 2 rings (SSSR count). The molecule has 6 heteroatoms. The first kappa shape index (κ1) is 17.7. The first-order valence-electron chi connectivity index (χ1n) is 8.22. The van der Waals surface area contributed by atoms with Crippen molar-refractivity contribution in [3.63, 3.8) is 0 Å². The third-order valence-electron chi connectivity index (χ3n) is 3.98. The second kappa shape index (κ2) is 8.29. The molecule has 1 aromatic heterocycles. The molecule has 0 saturated heterocycles. The average Bonchev–Trinajstić information content (AvgIpc) is 2.93. The van der Waals surface area contributed by atoms with Crippen LogP contribution in [0, 0.1) is 0 Å². The molecule has 0 radical (unpaired) electrons. The number of rotatable bonds is 8. The standard InChI is InChI=1S/C18H24N4O2/c1-4-17(23)19-12-11-16-20-14-9-7-8-10-15(14)22(16)13-18(24)21(5-2)6-3/h4,7-10H,1,5-6,11-13H2,2-3H3,(H,19,23). The highest BCUT2D eigenvalue weighted by Gasteiger charge is 2.16. The topological polar surface area (TPSA) is 67.2 Å². The second-order valence-corrected chi connectivity index (χ2v) is 5.41. The van der Waals surface area contributed by atoms with Crippen molar-refractivity contribution in [2.75, 3.05) is 19.6 Å². The van der Waals surface area contributed by atoms with E-state index in [9.17, 15) is 9.59 Å². The first-order chi connectivity index (χ1) is 11.6. The van der Waals surface area contributed by atoms with Crippen molar-refractivity contribution in [2.45, 2.75) is 26.8 Å². The fourth-order valence-corrected chi connectivity index (χ4v) is 2.67. The highest BCUT2D eigenvalue weighted by Crippen LogP contribution is 2.16. The summed E-state index contributed by atoms with van der Waals surface area (Å²) in [5.74, 6) is 0.650. The summed E-state index contributed by atoms with van der Waals surface area (Å²) in [7, 11) is 0. The Morgan fingerprint density at radius 1 is 1.29 bits per heavy atom. The van der Waals surface area contributed by atoms with Gasteiger partial charge in [0.2, 0.25) is 11.8 Å². The molecular formula is C18H24N4O2. The predicted molar refractivity (Wildman–Crippen MR) is 94.6 cm³/mol. The van der Waals surface area contributed by atoms with Crippen LogP contribution in [0.2, 0.25) is 0 Å². The Balaban J connectivity index is 2.24. The minimum absolute atomic E-state index is 0.0690. The summed E-state index contributed by atoms with van der Waals surface area (Å²) in [6, 6.07) is 7.75. The van der Waals surface area contributed by atoms with Gasteiger partial charge >= 0.3 is 0 Å². The maximum absolute atomic E-state index is 12.5. The number of aromatic nitrogens is 2. The van der Waals surface area contributed by atoms with Crippen LogP contribution in [-0.4, -0.2) is 45.9 Å². The summed E-state index contributed by atoms with van der Waals surface area (Å²) in [5, 5.41) is 2.75. The van der Waals surface area contributed by atoms with E-state index in [2.05, 4.69) is 16.9 Å². The molecule has 128 valence electrons. The van der Waals surface area contributed by atoms with E-state index in [4.69, 9.17) is 0 Å². The molecule has 0 saturated carbocycles. The lowest BCUT2D eigenvalue weighted by Gasteiger charge is -2.20. The molecule has 0 unspecified atom stereocenters. The van der Waals surface area contributed by atoms with Gasteiger partial charge in [-0.1, -0.05) is 18.7 Å². The van der Waals surface area contributed by atoms with E-state index in [1.807, 2.05) is 42.7 Å². The fraction of sp³-hybridized carbons (Fsp3) is 0.389. The van der Waals surface area contributed by atoms with Crippen molar-refractivity contribution in [1.82, 2.24) is 19.8 Å². The number of fused-ring (bicyclic) bond motifs is 1. The van der Waals surface area contributed by atoms with Gasteiger partial charge in [-0.25, -0.2) is 4.98 Å². The Morgan fingerprint density at radius 3 is 2.67 bits per heavy atom. The van der Waals surface area contributed by atoms with Crippen molar-refractivity contribution in [3.8, 4) is 0 Å². The van der Waals surface area contributed by atoms with E-state index in [0.717, 1.165) is 16.9 Å². The number of hydrogen-bond acceptors (Lipinski definition) is 3. The average molecular weight is 328 g/mol. The zero-order valence-electron chi connectivity index (χ0n) is 14.3. The highest BCUT2D eigenvalue weighted by atomic mass is 16.2. The molecule has 6 nitrogen and oxygen atoms in total. The van der Waals surface area contributed by atoms with E-state index in [-0.39, 0.29) is 18.4 Å². The van der Waals surface area contributed by atoms with Gasteiger partial charge in [0.05, 0.1) is 11.0 Å². The van der Waals surface area contributed by atoms with E-state index >= 15 is 0 Å². The van der Waals surface area contributed by atoms with Gasteiger partial charge < -0.3 is 14.8 Å². The van der Waals surface area contributed by atoms with Crippen LogP contribution in [0.3, 0.4) is 0 Å². The van der Waals surface area contributed by atoms with Crippen molar-refractivity contribution in [2.24, 2.45) is 0 Å². The van der Waals surface area contributed by atoms with Gasteiger partial charge in [0, 0.05) is 26.1 Å². The summed E-state index contributed by atoms with van der Waals surface area (Å²) >= 11 is 0. The molecule has 0 atom stereocenters. The third-order valence-corrected chi connectivity index (χ3v) is 3.98. The maximum atomic E-state index is 12.5. The predicted octanol–water partition coefficient (Wildman–Crippen LogP) is 1.75. The maximum Gasteiger partial charge on any atom is 0.243 e. The molecule has 0 bridgehead atoms. The lowest BCUT2D eigenvalue weighted by atomic mass is 10.3. The number of nitrogens with one attached hydrogen (secondary N) is 1. The van der Waals surface area contributed by atoms with E-state index in [1.54, 1.807) is 4.90 Å². The molecule has 1 heterocycles. The van der Waals surface area contributed by atoms with Crippen LogP contribution < -0.4 is 5.32 Å². The number of hydrogen-bond donors (Lipinski definition) is 1. The molecule has 0 fully saturated rings. The quantitative estimate of drug-likeness (QED) is 0.751. The number of nitrogens with zero attached hydrogens (tertiary/aromatic N) is 3. The summed E-state index contributed by atoms with van der Waals surface area (Å²) in [6.45, 7) is 9.46. The van der Waals surface area contributed by atoms with Gasteiger partial charge in [0.1, 0.15) is 12.4 Å².